The second-order valence-electron chi connectivity index (χ2n) is 6.75. The van der Waals surface area contributed by atoms with E-state index in [0.717, 1.165) is 16.0 Å². The average Bonchev–Trinajstić information content (AvgIpc) is 3.17. The fraction of sp³-hybridized carbons (Fsp3) is 0.389. The lowest BCUT2D eigenvalue weighted by Gasteiger charge is -2.17. The highest BCUT2D eigenvalue weighted by Crippen LogP contribution is 2.32. The Labute approximate surface area is 149 Å². The minimum absolute atomic E-state index is 0.120. The van der Waals surface area contributed by atoms with E-state index in [9.17, 15) is 9.59 Å². The van der Waals surface area contributed by atoms with Gasteiger partial charge in [0.05, 0.1) is 6.10 Å². The van der Waals surface area contributed by atoms with Crippen LogP contribution >= 0.6 is 0 Å². The minimum atomic E-state index is -0.374. The summed E-state index contributed by atoms with van der Waals surface area (Å²) in [6.45, 7) is 5.33. The van der Waals surface area contributed by atoms with Crippen molar-refractivity contribution in [3.05, 3.63) is 45.1 Å². The lowest BCUT2D eigenvalue weighted by atomic mass is 10.3. The van der Waals surface area contributed by atoms with Crippen LogP contribution in [0.5, 0.6) is 5.75 Å². The molecule has 136 valence electrons. The number of anilines is 2. The Hall–Kier alpha value is -3.03. The molecule has 0 bridgehead atoms. The zero-order chi connectivity index (χ0) is 18.6. The number of fused-ring (bicyclic) bond motifs is 3. The second-order valence-corrected chi connectivity index (χ2v) is 6.75. The van der Waals surface area contributed by atoms with Gasteiger partial charge in [-0.2, -0.15) is 4.98 Å². The molecule has 1 aliphatic heterocycles. The molecule has 0 N–H and O–H groups in total. The van der Waals surface area contributed by atoms with E-state index in [1.54, 1.807) is 7.05 Å². The Morgan fingerprint density at radius 1 is 1.04 bits per heavy atom. The molecule has 1 aromatic carbocycles. The van der Waals surface area contributed by atoms with Crippen LogP contribution in [0.3, 0.4) is 0 Å². The zero-order valence-corrected chi connectivity index (χ0v) is 15.3. The standard InChI is InChI=1S/C18H21N5O3/c1-11(2)26-13-7-5-12(6-8-13)22-9-10-23-14-15(19-17(22)23)20(3)18(25)21(4)16(14)24/h5-8,11H,9-10H2,1-4H3. The summed E-state index contributed by atoms with van der Waals surface area (Å²) in [6, 6.07) is 7.80. The maximum atomic E-state index is 12.6. The number of aromatic nitrogens is 4. The first-order valence-corrected chi connectivity index (χ1v) is 8.59. The Bertz CT molecular complexity index is 1110. The van der Waals surface area contributed by atoms with Crippen molar-refractivity contribution in [2.24, 2.45) is 14.1 Å². The van der Waals surface area contributed by atoms with Crippen molar-refractivity contribution in [3.63, 3.8) is 0 Å². The van der Waals surface area contributed by atoms with Crippen molar-refractivity contribution in [2.75, 3.05) is 11.4 Å². The number of ether oxygens (including phenoxy) is 1. The molecule has 8 nitrogen and oxygen atoms in total. The number of benzene rings is 1. The molecule has 0 saturated carbocycles. The largest absolute Gasteiger partial charge is 0.491 e. The normalized spacial score (nSPS) is 13.7. The number of aryl methyl sites for hydroxylation is 1. The Balaban J connectivity index is 1.81. The van der Waals surface area contributed by atoms with Crippen molar-refractivity contribution in [1.82, 2.24) is 18.7 Å². The van der Waals surface area contributed by atoms with E-state index in [2.05, 4.69) is 4.98 Å². The van der Waals surface area contributed by atoms with Crippen molar-refractivity contribution < 1.29 is 4.74 Å². The van der Waals surface area contributed by atoms with E-state index >= 15 is 0 Å². The summed E-state index contributed by atoms with van der Waals surface area (Å²) in [4.78, 5) is 31.4. The van der Waals surface area contributed by atoms with Crippen molar-refractivity contribution in [2.45, 2.75) is 26.5 Å². The van der Waals surface area contributed by atoms with Crippen molar-refractivity contribution in [3.8, 4) is 5.75 Å². The summed E-state index contributed by atoms with van der Waals surface area (Å²) in [7, 11) is 3.12. The summed E-state index contributed by atoms with van der Waals surface area (Å²) >= 11 is 0. The van der Waals surface area contributed by atoms with Gasteiger partial charge in [-0.3, -0.25) is 13.9 Å². The van der Waals surface area contributed by atoms with Gasteiger partial charge in [0, 0.05) is 32.9 Å². The molecule has 0 fully saturated rings. The number of imidazole rings is 1. The second kappa shape index (κ2) is 5.76. The lowest BCUT2D eigenvalue weighted by molar-refractivity contribution is 0.242. The van der Waals surface area contributed by atoms with Crippen LogP contribution in [0.4, 0.5) is 11.6 Å². The van der Waals surface area contributed by atoms with Gasteiger partial charge in [-0.25, -0.2) is 4.79 Å². The molecule has 0 aliphatic carbocycles. The van der Waals surface area contributed by atoms with Crippen LogP contribution < -0.4 is 20.9 Å². The molecule has 26 heavy (non-hydrogen) atoms. The van der Waals surface area contributed by atoms with Gasteiger partial charge in [0.1, 0.15) is 5.75 Å². The summed E-state index contributed by atoms with van der Waals surface area (Å²) < 4.78 is 10.1. The van der Waals surface area contributed by atoms with E-state index in [0.29, 0.717) is 30.2 Å². The molecule has 0 saturated heterocycles. The van der Waals surface area contributed by atoms with Gasteiger partial charge >= 0.3 is 5.69 Å². The molecule has 0 atom stereocenters. The highest BCUT2D eigenvalue weighted by atomic mass is 16.5. The summed E-state index contributed by atoms with van der Waals surface area (Å²) in [5.41, 5.74) is 1.16. The van der Waals surface area contributed by atoms with Crippen LogP contribution in [0.1, 0.15) is 13.8 Å². The third-order valence-corrected chi connectivity index (χ3v) is 4.64. The third-order valence-electron chi connectivity index (χ3n) is 4.64. The van der Waals surface area contributed by atoms with Gasteiger partial charge in [0.2, 0.25) is 5.95 Å². The molecule has 2 aromatic heterocycles. The predicted octanol–water partition coefficient (Wildman–Crippen LogP) is 1.37. The minimum Gasteiger partial charge on any atom is -0.491 e. The van der Waals surface area contributed by atoms with E-state index in [-0.39, 0.29) is 17.4 Å². The zero-order valence-electron chi connectivity index (χ0n) is 15.3. The molecule has 8 heteroatoms. The number of rotatable bonds is 3. The van der Waals surface area contributed by atoms with Gasteiger partial charge in [-0.1, -0.05) is 0 Å². The Morgan fingerprint density at radius 3 is 2.38 bits per heavy atom. The monoisotopic (exact) mass is 355 g/mol. The van der Waals surface area contributed by atoms with Crippen molar-refractivity contribution >= 4 is 22.8 Å². The van der Waals surface area contributed by atoms with Crippen LogP contribution in [0.25, 0.3) is 11.2 Å². The molecule has 1 aliphatic rings. The molecular weight excluding hydrogens is 334 g/mol. The summed E-state index contributed by atoms with van der Waals surface area (Å²) in [5.74, 6) is 1.49. The molecule has 0 radical (unpaired) electrons. The highest BCUT2D eigenvalue weighted by molar-refractivity contribution is 5.77. The first-order valence-electron chi connectivity index (χ1n) is 8.59. The SMILES string of the molecule is CC(C)Oc1ccc(N2CCn3c2nc2c3c(=O)n(C)c(=O)n2C)cc1. The molecule has 0 spiro atoms. The van der Waals surface area contributed by atoms with E-state index in [4.69, 9.17) is 4.74 Å². The number of hydrogen-bond donors (Lipinski definition) is 0. The lowest BCUT2D eigenvalue weighted by Crippen LogP contribution is -2.37. The summed E-state index contributed by atoms with van der Waals surface area (Å²) in [6.07, 6.45) is 0.120. The van der Waals surface area contributed by atoms with Crippen LogP contribution in [-0.4, -0.2) is 31.3 Å². The maximum Gasteiger partial charge on any atom is 0.332 e. The predicted molar refractivity (Wildman–Crippen MR) is 99.4 cm³/mol. The average molecular weight is 355 g/mol. The van der Waals surface area contributed by atoms with E-state index in [1.807, 2.05) is 47.6 Å². The van der Waals surface area contributed by atoms with Crippen LogP contribution in [0, 0.1) is 0 Å². The Morgan fingerprint density at radius 2 is 1.73 bits per heavy atom. The molecule has 3 heterocycles. The molecular formula is C18H21N5O3. The van der Waals surface area contributed by atoms with Crippen LogP contribution in [0.2, 0.25) is 0 Å². The number of nitrogens with zero attached hydrogens (tertiary/aromatic N) is 5. The topological polar surface area (TPSA) is 74.3 Å². The molecule has 3 aromatic rings. The van der Waals surface area contributed by atoms with Crippen molar-refractivity contribution in [1.29, 1.82) is 0 Å². The van der Waals surface area contributed by atoms with Gasteiger partial charge in [0.25, 0.3) is 5.56 Å². The quantitative estimate of drug-likeness (QED) is 0.709. The van der Waals surface area contributed by atoms with E-state index < -0.39 is 0 Å². The first kappa shape index (κ1) is 16.4. The maximum absolute atomic E-state index is 12.6. The van der Waals surface area contributed by atoms with Gasteiger partial charge < -0.3 is 14.2 Å². The number of hydrogen-bond acceptors (Lipinski definition) is 5. The molecule has 0 unspecified atom stereocenters. The fourth-order valence-corrected chi connectivity index (χ4v) is 3.37. The third kappa shape index (κ3) is 2.33. The van der Waals surface area contributed by atoms with Crippen LogP contribution in [0.15, 0.2) is 33.9 Å². The first-order chi connectivity index (χ1) is 12.4. The fourth-order valence-electron chi connectivity index (χ4n) is 3.37. The highest BCUT2D eigenvalue weighted by Gasteiger charge is 2.28. The van der Waals surface area contributed by atoms with Gasteiger partial charge in [-0.05, 0) is 38.1 Å². The van der Waals surface area contributed by atoms with Crippen LogP contribution in [-0.2, 0) is 20.6 Å². The Kier molecular flexibility index (Phi) is 3.64. The van der Waals surface area contributed by atoms with E-state index in [1.165, 1.54) is 11.6 Å². The smallest absolute Gasteiger partial charge is 0.332 e. The van der Waals surface area contributed by atoms with Gasteiger partial charge in [0.15, 0.2) is 11.2 Å². The summed E-state index contributed by atoms with van der Waals surface area (Å²) in [5, 5.41) is 0. The molecule has 0 amide bonds. The molecule has 4 rings (SSSR count). The van der Waals surface area contributed by atoms with Gasteiger partial charge in [-0.15, -0.1) is 0 Å².